The van der Waals surface area contributed by atoms with Gasteiger partial charge in [0.2, 0.25) is 0 Å². The van der Waals surface area contributed by atoms with Crippen LogP contribution < -0.4 is 14.9 Å². The molecule has 0 spiro atoms. The Labute approximate surface area is 197 Å². The highest BCUT2D eigenvalue weighted by Gasteiger charge is 2.13. The molecule has 0 aliphatic rings. The van der Waals surface area contributed by atoms with Crippen molar-refractivity contribution in [2.24, 2.45) is 5.10 Å². The number of nitro groups is 1. The Morgan fingerprint density at radius 2 is 1.76 bits per heavy atom. The highest BCUT2D eigenvalue weighted by atomic mass is 35.5. The van der Waals surface area contributed by atoms with Gasteiger partial charge in [0, 0.05) is 22.7 Å². The minimum atomic E-state index is -0.706. The van der Waals surface area contributed by atoms with Crippen molar-refractivity contribution in [3.05, 3.63) is 98.0 Å². The molecular weight excluding hydrogens is 473 g/mol. The van der Waals surface area contributed by atoms with Crippen molar-refractivity contribution < 1.29 is 24.0 Å². The number of non-ortho nitro benzene ring substituents is 1. The molecule has 0 bridgehead atoms. The minimum Gasteiger partial charge on any atom is -0.482 e. The van der Waals surface area contributed by atoms with E-state index >= 15 is 0 Å². The molecule has 1 amide bonds. The van der Waals surface area contributed by atoms with E-state index in [1.807, 2.05) is 0 Å². The Balaban J connectivity index is 1.58. The highest BCUT2D eigenvalue weighted by Crippen LogP contribution is 2.27. The van der Waals surface area contributed by atoms with Gasteiger partial charge in [0.25, 0.3) is 11.6 Å². The lowest BCUT2D eigenvalue weighted by Gasteiger charge is -2.08. The largest absolute Gasteiger partial charge is 0.482 e. The predicted molar refractivity (Wildman–Crippen MR) is 122 cm³/mol. The summed E-state index contributed by atoms with van der Waals surface area (Å²) in [6.45, 7) is -0.338. The quantitative estimate of drug-likeness (QED) is 0.162. The first-order valence-electron chi connectivity index (χ1n) is 9.29. The van der Waals surface area contributed by atoms with Crippen LogP contribution in [0.4, 0.5) is 5.69 Å². The first-order valence-corrected chi connectivity index (χ1v) is 10.0. The standard InChI is InChI=1S/C22H15Cl2N3O6/c23-16-7-10-20(18(24)11-16)32-13-21(28)26-25-12-15-3-1-2-4-19(15)33-22(29)14-5-8-17(9-6-14)27(30)31/h1-12H,13H2,(H,26,28)/b25-12-. The lowest BCUT2D eigenvalue weighted by atomic mass is 10.2. The zero-order chi connectivity index (χ0) is 23.8. The van der Waals surface area contributed by atoms with Gasteiger partial charge in [-0.15, -0.1) is 0 Å². The number of hydrogen-bond acceptors (Lipinski definition) is 7. The van der Waals surface area contributed by atoms with Crippen LogP contribution in [-0.2, 0) is 4.79 Å². The first-order chi connectivity index (χ1) is 15.8. The van der Waals surface area contributed by atoms with Gasteiger partial charge < -0.3 is 9.47 Å². The number of nitro benzene ring substituents is 1. The number of carbonyl (C=O) groups excluding carboxylic acids is 2. The van der Waals surface area contributed by atoms with E-state index in [0.717, 1.165) is 0 Å². The van der Waals surface area contributed by atoms with Crippen molar-refractivity contribution in [1.29, 1.82) is 0 Å². The summed E-state index contributed by atoms with van der Waals surface area (Å²) >= 11 is 11.8. The van der Waals surface area contributed by atoms with Crippen LogP contribution in [0, 0.1) is 10.1 Å². The molecule has 168 valence electrons. The molecule has 0 saturated carbocycles. The number of rotatable bonds is 8. The molecule has 0 atom stereocenters. The number of hydrogen-bond donors (Lipinski definition) is 1. The molecule has 0 unspecified atom stereocenters. The number of amides is 1. The van der Waals surface area contributed by atoms with E-state index in [2.05, 4.69) is 10.5 Å². The molecule has 3 aromatic carbocycles. The molecule has 1 N–H and O–H groups in total. The summed E-state index contributed by atoms with van der Waals surface area (Å²) in [5, 5.41) is 15.3. The van der Waals surface area contributed by atoms with Gasteiger partial charge in [-0.05, 0) is 42.5 Å². The fraction of sp³-hybridized carbons (Fsp3) is 0.0455. The highest BCUT2D eigenvalue weighted by molar-refractivity contribution is 6.35. The molecule has 0 saturated heterocycles. The maximum absolute atomic E-state index is 12.4. The second-order valence-electron chi connectivity index (χ2n) is 6.39. The van der Waals surface area contributed by atoms with Gasteiger partial charge in [0.15, 0.2) is 6.61 Å². The van der Waals surface area contributed by atoms with E-state index < -0.39 is 16.8 Å². The van der Waals surface area contributed by atoms with Gasteiger partial charge in [0.05, 0.1) is 21.7 Å². The zero-order valence-electron chi connectivity index (χ0n) is 16.7. The molecule has 0 aromatic heterocycles. The van der Waals surface area contributed by atoms with Crippen LogP contribution in [0.3, 0.4) is 0 Å². The van der Waals surface area contributed by atoms with E-state index in [0.29, 0.717) is 16.3 Å². The van der Waals surface area contributed by atoms with Crippen molar-refractivity contribution in [3.63, 3.8) is 0 Å². The maximum Gasteiger partial charge on any atom is 0.343 e. The summed E-state index contributed by atoms with van der Waals surface area (Å²) in [5.41, 5.74) is 2.70. The van der Waals surface area contributed by atoms with E-state index in [-0.39, 0.29) is 28.6 Å². The van der Waals surface area contributed by atoms with Crippen LogP contribution in [-0.4, -0.2) is 29.6 Å². The van der Waals surface area contributed by atoms with Crippen LogP contribution in [0.1, 0.15) is 15.9 Å². The number of nitrogens with one attached hydrogen (secondary N) is 1. The third kappa shape index (κ3) is 6.76. The number of ether oxygens (including phenoxy) is 2. The summed E-state index contributed by atoms with van der Waals surface area (Å²) in [5.74, 6) is -0.771. The number of para-hydroxylation sites is 1. The van der Waals surface area contributed by atoms with Gasteiger partial charge in [-0.2, -0.15) is 5.10 Å². The topological polar surface area (TPSA) is 120 Å². The van der Waals surface area contributed by atoms with Gasteiger partial charge in [0.1, 0.15) is 11.5 Å². The van der Waals surface area contributed by atoms with Crippen molar-refractivity contribution >= 4 is 47.0 Å². The van der Waals surface area contributed by atoms with Gasteiger partial charge >= 0.3 is 5.97 Å². The third-order valence-corrected chi connectivity index (χ3v) is 4.61. The lowest BCUT2D eigenvalue weighted by Crippen LogP contribution is -2.24. The molecule has 3 rings (SSSR count). The van der Waals surface area contributed by atoms with Crippen molar-refractivity contribution in [2.75, 3.05) is 6.61 Å². The molecule has 33 heavy (non-hydrogen) atoms. The van der Waals surface area contributed by atoms with Crippen molar-refractivity contribution in [1.82, 2.24) is 5.43 Å². The Kier molecular flexibility index (Phi) is 7.96. The van der Waals surface area contributed by atoms with Crippen LogP contribution >= 0.6 is 23.2 Å². The maximum atomic E-state index is 12.4. The predicted octanol–water partition coefficient (Wildman–Crippen LogP) is 4.65. The zero-order valence-corrected chi connectivity index (χ0v) is 18.2. The van der Waals surface area contributed by atoms with Gasteiger partial charge in [-0.3, -0.25) is 14.9 Å². The average molecular weight is 488 g/mol. The smallest absolute Gasteiger partial charge is 0.343 e. The molecule has 0 aliphatic carbocycles. The van der Waals surface area contributed by atoms with Crippen LogP contribution in [0.25, 0.3) is 0 Å². The second kappa shape index (κ2) is 11.1. The molecule has 0 heterocycles. The number of nitrogens with zero attached hydrogens (tertiary/aromatic N) is 2. The number of hydrazone groups is 1. The summed E-state index contributed by atoms with van der Waals surface area (Å²) in [4.78, 5) is 34.5. The molecule has 3 aromatic rings. The SMILES string of the molecule is O=C(COc1ccc(Cl)cc1Cl)N/N=C\c1ccccc1OC(=O)c1ccc([N+](=O)[O-])cc1. The van der Waals surface area contributed by atoms with E-state index in [1.165, 1.54) is 48.7 Å². The number of halogens is 2. The second-order valence-corrected chi connectivity index (χ2v) is 7.23. The Hall–Kier alpha value is -3.95. The first kappa shape index (κ1) is 23.7. The third-order valence-electron chi connectivity index (χ3n) is 4.08. The molecule has 9 nitrogen and oxygen atoms in total. The number of carbonyl (C=O) groups is 2. The minimum absolute atomic E-state index is 0.138. The van der Waals surface area contributed by atoms with Crippen LogP contribution in [0.2, 0.25) is 10.0 Å². The van der Waals surface area contributed by atoms with E-state index in [9.17, 15) is 19.7 Å². The molecule has 0 radical (unpaired) electrons. The van der Waals surface area contributed by atoms with E-state index in [4.69, 9.17) is 32.7 Å². The van der Waals surface area contributed by atoms with Gasteiger partial charge in [-0.25, -0.2) is 10.2 Å². The van der Waals surface area contributed by atoms with Crippen LogP contribution in [0.15, 0.2) is 71.8 Å². The summed E-state index contributed by atoms with van der Waals surface area (Å²) < 4.78 is 10.7. The molecule has 0 aliphatic heterocycles. The fourth-order valence-corrected chi connectivity index (χ4v) is 2.96. The van der Waals surface area contributed by atoms with Crippen LogP contribution in [0.5, 0.6) is 11.5 Å². The number of esters is 1. The normalized spacial score (nSPS) is 10.6. The summed E-state index contributed by atoms with van der Waals surface area (Å²) in [6.07, 6.45) is 1.30. The Morgan fingerprint density at radius 1 is 1.03 bits per heavy atom. The Bertz CT molecular complexity index is 1220. The van der Waals surface area contributed by atoms with Crippen molar-refractivity contribution in [2.45, 2.75) is 0 Å². The molecule has 0 fully saturated rings. The Morgan fingerprint density at radius 3 is 2.45 bits per heavy atom. The van der Waals surface area contributed by atoms with Crippen molar-refractivity contribution in [3.8, 4) is 11.5 Å². The molecule has 11 heteroatoms. The number of benzene rings is 3. The average Bonchev–Trinajstić information content (AvgIpc) is 2.79. The fourth-order valence-electron chi connectivity index (χ4n) is 2.50. The molecular formula is C22H15Cl2N3O6. The monoisotopic (exact) mass is 487 g/mol. The van der Waals surface area contributed by atoms with E-state index in [1.54, 1.807) is 24.3 Å². The summed E-state index contributed by atoms with van der Waals surface area (Å²) in [6, 6.07) is 16.1. The summed E-state index contributed by atoms with van der Waals surface area (Å²) in [7, 11) is 0. The van der Waals surface area contributed by atoms with Gasteiger partial charge in [-0.1, -0.05) is 35.3 Å². The lowest BCUT2D eigenvalue weighted by molar-refractivity contribution is -0.384.